The predicted molar refractivity (Wildman–Crippen MR) is 82.0 cm³/mol. The molecule has 100 valence electrons. The number of thioether (sulfide) groups is 1. The smallest absolute Gasteiger partial charge is 0.127 e. The van der Waals surface area contributed by atoms with Crippen molar-refractivity contribution in [1.29, 1.82) is 0 Å². The van der Waals surface area contributed by atoms with Crippen molar-refractivity contribution in [1.82, 2.24) is 0 Å². The monoisotopic (exact) mass is 273 g/mol. The average Bonchev–Trinajstić information content (AvgIpc) is 2.48. The van der Waals surface area contributed by atoms with E-state index < -0.39 is 0 Å². The molecule has 0 unspecified atom stereocenters. The number of ether oxygens (including phenoxy) is 1. The standard InChI is InChI=1S/C16H19NOS/c1-3-13-10-15(8-9-16(13)19-2)18-14-6-4-12(11-17)5-7-14/h4-10H,3,11,17H2,1-2H3. The van der Waals surface area contributed by atoms with E-state index in [9.17, 15) is 0 Å². The second kappa shape index (κ2) is 6.64. The molecule has 2 nitrogen and oxygen atoms in total. The zero-order valence-electron chi connectivity index (χ0n) is 11.3. The molecular formula is C16H19NOS. The van der Waals surface area contributed by atoms with Crippen molar-refractivity contribution in [3.8, 4) is 11.5 Å². The highest BCUT2D eigenvalue weighted by Gasteiger charge is 2.03. The van der Waals surface area contributed by atoms with Crippen molar-refractivity contribution >= 4 is 11.8 Å². The third kappa shape index (κ3) is 3.52. The first kappa shape index (κ1) is 14.0. The highest BCUT2D eigenvalue weighted by Crippen LogP contribution is 2.28. The van der Waals surface area contributed by atoms with Crippen LogP contribution in [0.2, 0.25) is 0 Å². The zero-order valence-corrected chi connectivity index (χ0v) is 12.2. The van der Waals surface area contributed by atoms with Gasteiger partial charge in [0.2, 0.25) is 0 Å². The summed E-state index contributed by atoms with van der Waals surface area (Å²) in [6.07, 6.45) is 3.11. The van der Waals surface area contributed by atoms with E-state index in [1.807, 2.05) is 30.3 Å². The third-order valence-corrected chi connectivity index (χ3v) is 3.87. The molecule has 2 rings (SSSR count). The van der Waals surface area contributed by atoms with Gasteiger partial charge in [-0.1, -0.05) is 19.1 Å². The average molecular weight is 273 g/mol. The molecule has 0 spiro atoms. The molecule has 0 amide bonds. The first-order chi connectivity index (χ1) is 9.26. The molecule has 3 heteroatoms. The minimum Gasteiger partial charge on any atom is -0.457 e. The Bertz CT molecular complexity index is 537. The van der Waals surface area contributed by atoms with Crippen LogP contribution >= 0.6 is 11.8 Å². The molecule has 0 aromatic heterocycles. The zero-order chi connectivity index (χ0) is 13.7. The van der Waals surface area contributed by atoms with E-state index >= 15 is 0 Å². The van der Waals surface area contributed by atoms with Gasteiger partial charge in [-0.25, -0.2) is 0 Å². The fraction of sp³-hybridized carbons (Fsp3) is 0.250. The van der Waals surface area contributed by atoms with E-state index in [0.717, 1.165) is 23.5 Å². The third-order valence-electron chi connectivity index (χ3n) is 3.03. The SMILES string of the molecule is CCc1cc(Oc2ccc(CN)cc2)ccc1SC. The van der Waals surface area contributed by atoms with Gasteiger partial charge in [0, 0.05) is 11.4 Å². The number of hydrogen-bond acceptors (Lipinski definition) is 3. The van der Waals surface area contributed by atoms with Gasteiger partial charge < -0.3 is 10.5 Å². The fourth-order valence-electron chi connectivity index (χ4n) is 1.92. The van der Waals surface area contributed by atoms with E-state index in [2.05, 4.69) is 25.3 Å². The summed E-state index contributed by atoms with van der Waals surface area (Å²) in [5.41, 5.74) is 8.01. The molecule has 0 aliphatic carbocycles. The second-order valence-corrected chi connectivity index (χ2v) is 5.13. The largest absolute Gasteiger partial charge is 0.457 e. The summed E-state index contributed by atoms with van der Waals surface area (Å²) in [5, 5.41) is 0. The minimum absolute atomic E-state index is 0.558. The van der Waals surface area contributed by atoms with Gasteiger partial charge in [-0.05, 0) is 54.1 Å². The van der Waals surface area contributed by atoms with Crippen LogP contribution in [-0.2, 0) is 13.0 Å². The Kier molecular flexibility index (Phi) is 4.88. The van der Waals surface area contributed by atoms with Crippen molar-refractivity contribution in [3.05, 3.63) is 53.6 Å². The molecule has 2 N–H and O–H groups in total. The molecule has 0 saturated heterocycles. The number of nitrogens with two attached hydrogens (primary N) is 1. The van der Waals surface area contributed by atoms with E-state index in [0.29, 0.717) is 6.54 Å². The van der Waals surface area contributed by atoms with Gasteiger partial charge in [0.15, 0.2) is 0 Å². The summed E-state index contributed by atoms with van der Waals surface area (Å²) in [6.45, 7) is 2.72. The van der Waals surface area contributed by atoms with Crippen LogP contribution in [0, 0.1) is 0 Å². The normalized spacial score (nSPS) is 10.5. The van der Waals surface area contributed by atoms with Crippen LogP contribution in [-0.4, -0.2) is 6.26 Å². The Morgan fingerprint density at radius 3 is 2.32 bits per heavy atom. The molecule has 19 heavy (non-hydrogen) atoms. The summed E-state index contributed by atoms with van der Waals surface area (Å²) in [7, 11) is 0. The summed E-state index contributed by atoms with van der Waals surface area (Å²) in [4.78, 5) is 1.31. The van der Waals surface area contributed by atoms with Crippen LogP contribution < -0.4 is 10.5 Å². The number of aryl methyl sites for hydroxylation is 1. The second-order valence-electron chi connectivity index (χ2n) is 4.28. The summed E-state index contributed by atoms with van der Waals surface area (Å²) >= 11 is 1.77. The van der Waals surface area contributed by atoms with Gasteiger partial charge in [-0.15, -0.1) is 11.8 Å². The van der Waals surface area contributed by atoms with Gasteiger partial charge in [-0.3, -0.25) is 0 Å². The van der Waals surface area contributed by atoms with E-state index in [1.54, 1.807) is 11.8 Å². The Labute approximate surface area is 119 Å². The maximum Gasteiger partial charge on any atom is 0.127 e. The van der Waals surface area contributed by atoms with Gasteiger partial charge in [0.25, 0.3) is 0 Å². The molecule has 0 aliphatic rings. The number of hydrogen-bond donors (Lipinski definition) is 1. The van der Waals surface area contributed by atoms with Crippen LogP contribution in [0.5, 0.6) is 11.5 Å². The maximum absolute atomic E-state index is 5.87. The van der Waals surface area contributed by atoms with Crippen LogP contribution in [0.3, 0.4) is 0 Å². The van der Waals surface area contributed by atoms with Crippen LogP contribution in [0.4, 0.5) is 0 Å². The topological polar surface area (TPSA) is 35.2 Å². The molecule has 2 aromatic carbocycles. The molecule has 0 bridgehead atoms. The van der Waals surface area contributed by atoms with Crippen molar-refractivity contribution in [2.75, 3.05) is 6.26 Å². The number of rotatable bonds is 5. The van der Waals surface area contributed by atoms with Crippen molar-refractivity contribution < 1.29 is 4.74 Å². The Morgan fingerprint density at radius 2 is 1.74 bits per heavy atom. The first-order valence-electron chi connectivity index (χ1n) is 6.40. The van der Waals surface area contributed by atoms with Crippen LogP contribution in [0.25, 0.3) is 0 Å². The molecule has 0 saturated carbocycles. The summed E-state index contributed by atoms with van der Waals surface area (Å²) in [5.74, 6) is 1.73. The maximum atomic E-state index is 5.87. The van der Waals surface area contributed by atoms with Crippen molar-refractivity contribution in [2.45, 2.75) is 24.8 Å². The lowest BCUT2D eigenvalue weighted by Crippen LogP contribution is -1.95. The Morgan fingerprint density at radius 1 is 1.05 bits per heavy atom. The summed E-state index contributed by atoms with van der Waals surface area (Å²) in [6, 6.07) is 14.1. The molecule has 0 radical (unpaired) electrons. The van der Waals surface area contributed by atoms with Crippen molar-refractivity contribution in [2.24, 2.45) is 5.73 Å². The first-order valence-corrected chi connectivity index (χ1v) is 7.63. The van der Waals surface area contributed by atoms with Crippen LogP contribution in [0.15, 0.2) is 47.4 Å². The minimum atomic E-state index is 0.558. The molecule has 2 aromatic rings. The number of benzene rings is 2. The lowest BCUT2D eigenvalue weighted by molar-refractivity contribution is 0.481. The quantitative estimate of drug-likeness (QED) is 0.828. The molecule has 0 atom stereocenters. The van der Waals surface area contributed by atoms with Crippen LogP contribution in [0.1, 0.15) is 18.1 Å². The van der Waals surface area contributed by atoms with Gasteiger partial charge in [-0.2, -0.15) is 0 Å². The predicted octanol–water partition coefficient (Wildman–Crippen LogP) is 4.22. The van der Waals surface area contributed by atoms with E-state index in [4.69, 9.17) is 10.5 Å². The molecular weight excluding hydrogens is 254 g/mol. The lowest BCUT2D eigenvalue weighted by Gasteiger charge is -2.10. The highest BCUT2D eigenvalue weighted by atomic mass is 32.2. The van der Waals surface area contributed by atoms with Gasteiger partial charge in [0.1, 0.15) is 11.5 Å². The van der Waals surface area contributed by atoms with Gasteiger partial charge >= 0.3 is 0 Å². The molecule has 0 heterocycles. The lowest BCUT2D eigenvalue weighted by atomic mass is 10.1. The van der Waals surface area contributed by atoms with E-state index in [1.165, 1.54) is 10.5 Å². The van der Waals surface area contributed by atoms with Crippen molar-refractivity contribution in [3.63, 3.8) is 0 Å². The fourth-order valence-corrected chi connectivity index (χ4v) is 2.59. The molecule has 0 aliphatic heterocycles. The summed E-state index contributed by atoms with van der Waals surface area (Å²) < 4.78 is 5.87. The Hall–Kier alpha value is -1.45. The van der Waals surface area contributed by atoms with Gasteiger partial charge in [0.05, 0.1) is 0 Å². The highest BCUT2D eigenvalue weighted by molar-refractivity contribution is 7.98. The Balaban J connectivity index is 2.18. The molecule has 0 fully saturated rings. The van der Waals surface area contributed by atoms with E-state index in [-0.39, 0.29) is 0 Å².